The Kier molecular flexibility index (Phi) is 5.30. The smallest absolute Gasteiger partial charge is 0.255 e. The summed E-state index contributed by atoms with van der Waals surface area (Å²) in [6.07, 6.45) is 2.04. The predicted octanol–water partition coefficient (Wildman–Crippen LogP) is 3.71. The van der Waals surface area contributed by atoms with Crippen LogP contribution in [0.4, 0.5) is 5.69 Å². The number of H-pyrrole nitrogens is 1. The molecule has 0 saturated carbocycles. The molecule has 4 rings (SSSR count). The number of carbonyl (C=O) groups excluding carboxylic acids is 1. The molecular formula is C22H21N3O2S. The third-order valence-corrected chi connectivity index (χ3v) is 6.07. The summed E-state index contributed by atoms with van der Waals surface area (Å²) in [7, 11) is 0. The second-order valence-corrected chi connectivity index (χ2v) is 8.08. The quantitative estimate of drug-likeness (QED) is 0.665. The van der Waals surface area contributed by atoms with Crippen LogP contribution in [0.5, 0.6) is 0 Å². The number of hydrogen-bond acceptors (Lipinski definition) is 4. The molecule has 2 aromatic carbocycles. The standard InChI is InChI=1S/C22H21N3O2S/c1-14-17(13-15-7-3-2-4-8-15)20(26)25-22(23-14)28-19-12-11-16-9-5-6-10-18(16)24-21(19)27/h2-10,19H,11-13H2,1H3,(H,24,27)(H,23,25,26). The van der Waals surface area contributed by atoms with Gasteiger partial charge in [-0.25, -0.2) is 4.98 Å². The van der Waals surface area contributed by atoms with Gasteiger partial charge in [-0.3, -0.25) is 9.59 Å². The molecule has 1 unspecified atom stereocenters. The van der Waals surface area contributed by atoms with E-state index in [2.05, 4.69) is 15.3 Å². The Labute approximate surface area is 167 Å². The topological polar surface area (TPSA) is 74.8 Å². The van der Waals surface area contributed by atoms with E-state index in [1.165, 1.54) is 11.8 Å². The minimum absolute atomic E-state index is 0.0522. The average Bonchev–Trinajstić information content (AvgIpc) is 2.84. The van der Waals surface area contributed by atoms with Gasteiger partial charge in [0.25, 0.3) is 5.56 Å². The number of fused-ring (bicyclic) bond motifs is 1. The molecule has 0 aliphatic carbocycles. The lowest BCUT2D eigenvalue weighted by Gasteiger charge is -2.13. The van der Waals surface area contributed by atoms with E-state index in [1.807, 2.05) is 61.5 Å². The van der Waals surface area contributed by atoms with E-state index < -0.39 is 0 Å². The molecule has 0 spiro atoms. The Morgan fingerprint density at radius 1 is 1.07 bits per heavy atom. The van der Waals surface area contributed by atoms with Crippen LogP contribution in [-0.4, -0.2) is 21.1 Å². The third-order valence-electron chi connectivity index (χ3n) is 4.92. The van der Waals surface area contributed by atoms with E-state index in [9.17, 15) is 9.59 Å². The van der Waals surface area contributed by atoms with Crippen LogP contribution in [0.25, 0.3) is 0 Å². The lowest BCUT2D eigenvalue weighted by Crippen LogP contribution is -2.25. The molecule has 0 fully saturated rings. The van der Waals surface area contributed by atoms with Gasteiger partial charge in [0.05, 0.1) is 5.25 Å². The van der Waals surface area contributed by atoms with Crippen LogP contribution >= 0.6 is 11.8 Å². The zero-order valence-electron chi connectivity index (χ0n) is 15.6. The fourth-order valence-electron chi connectivity index (χ4n) is 3.39. The van der Waals surface area contributed by atoms with Gasteiger partial charge >= 0.3 is 0 Å². The number of nitrogens with zero attached hydrogens (tertiary/aromatic N) is 1. The Balaban J connectivity index is 1.53. The number of hydrogen-bond donors (Lipinski definition) is 2. The monoisotopic (exact) mass is 391 g/mol. The van der Waals surface area contributed by atoms with Gasteiger partial charge < -0.3 is 10.3 Å². The molecule has 3 aromatic rings. The Morgan fingerprint density at radius 2 is 1.82 bits per heavy atom. The van der Waals surface area contributed by atoms with Gasteiger partial charge in [-0.1, -0.05) is 60.3 Å². The van der Waals surface area contributed by atoms with Crippen LogP contribution in [0, 0.1) is 6.92 Å². The van der Waals surface area contributed by atoms with Gasteiger partial charge in [-0.15, -0.1) is 0 Å². The average molecular weight is 391 g/mol. The first-order valence-electron chi connectivity index (χ1n) is 9.29. The highest BCUT2D eigenvalue weighted by molar-refractivity contribution is 8.00. The van der Waals surface area contributed by atoms with E-state index in [-0.39, 0.29) is 16.7 Å². The van der Waals surface area contributed by atoms with Gasteiger partial charge in [0, 0.05) is 23.4 Å². The fraction of sp³-hybridized carbons (Fsp3) is 0.227. The van der Waals surface area contributed by atoms with Crippen molar-refractivity contribution in [2.75, 3.05) is 5.32 Å². The van der Waals surface area contributed by atoms with E-state index in [4.69, 9.17) is 0 Å². The first-order valence-corrected chi connectivity index (χ1v) is 10.2. The lowest BCUT2D eigenvalue weighted by molar-refractivity contribution is -0.115. The van der Waals surface area contributed by atoms with Crippen molar-refractivity contribution < 1.29 is 4.79 Å². The summed E-state index contributed by atoms with van der Waals surface area (Å²) in [5, 5.41) is 3.18. The minimum atomic E-state index is -0.296. The van der Waals surface area contributed by atoms with Crippen molar-refractivity contribution in [1.29, 1.82) is 0 Å². The van der Waals surface area contributed by atoms with Crippen LogP contribution in [0.15, 0.2) is 64.5 Å². The molecule has 0 bridgehead atoms. The summed E-state index contributed by atoms with van der Waals surface area (Å²) in [5.41, 5.74) is 4.29. The van der Waals surface area contributed by atoms with Crippen molar-refractivity contribution in [2.45, 2.75) is 36.6 Å². The number of thioether (sulfide) groups is 1. The van der Waals surface area contributed by atoms with Crippen molar-refractivity contribution in [3.63, 3.8) is 0 Å². The first kappa shape index (κ1) is 18.5. The fourth-order valence-corrected chi connectivity index (χ4v) is 4.40. The summed E-state index contributed by atoms with van der Waals surface area (Å²) in [6.45, 7) is 1.85. The largest absolute Gasteiger partial charge is 0.325 e. The molecule has 2 heterocycles. The maximum absolute atomic E-state index is 12.6. The van der Waals surface area contributed by atoms with E-state index in [1.54, 1.807) is 0 Å². The molecule has 142 valence electrons. The molecule has 5 nitrogen and oxygen atoms in total. The summed E-state index contributed by atoms with van der Waals surface area (Å²) in [4.78, 5) is 32.7. The summed E-state index contributed by atoms with van der Waals surface area (Å²) in [5.74, 6) is -0.0522. The van der Waals surface area contributed by atoms with E-state index in [0.29, 0.717) is 29.3 Å². The number of aromatic nitrogens is 2. The van der Waals surface area contributed by atoms with Crippen molar-refractivity contribution in [1.82, 2.24) is 9.97 Å². The van der Waals surface area contributed by atoms with Crippen molar-refractivity contribution >= 4 is 23.4 Å². The molecule has 28 heavy (non-hydrogen) atoms. The maximum atomic E-state index is 12.6. The van der Waals surface area contributed by atoms with Crippen molar-refractivity contribution in [3.8, 4) is 0 Å². The highest BCUT2D eigenvalue weighted by atomic mass is 32.2. The number of para-hydroxylation sites is 1. The molecule has 0 radical (unpaired) electrons. The van der Waals surface area contributed by atoms with Crippen molar-refractivity contribution in [2.24, 2.45) is 0 Å². The van der Waals surface area contributed by atoms with Gasteiger partial charge in [0.2, 0.25) is 5.91 Å². The number of aryl methyl sites for hydroxylation is 2. The summed E-state index contributed by atoms with van der Waals surface area (Å²) in [6, 6.07) is 17.7. The normalized spacial score (nSPS) is 16.2. The van der Waals surface area contributed by atoms with Gasteiger partial charge in [-0.2, -0.15) is 0 Å². The molecule has 1 atom stereocenters. The Bertz CT molecular complexity index is 1060. The van der Waals surface area contributed by atoms with Crippen LogP contribution in [-0.2, 0) is 17.6 Å². The number of carbonyl (C=O) groups is 1. The molecule has 1 aromatic heterocycles. The van der Waals surface area contributed by atoms with Gasteiger partial charge in [-0.05, 0) is 37.0 Å². The summed E-state index contributed by atoms with van der Waals surface area (Å²) >= 11 is 1.32. The number of amides is 1. The SMILES string of the molecule is Cc1nc(SC2CCc3ccccc3NC2=O)[nH]c(=O)c1Cc1ccccc1. The predicted molar refractivity (Wildman–Crippen MR) is 112 cm³/mol. The van der Waals surface area contributed by atoms with Gasteiger partial charge in [0.15, 0.2) is 5.16 Å². The van der Waals surface area contributed by atoms with Crippen LogP contribution in [0.1, 0.15) is 28.8 Å². The first-order chi connectivity index (χ1) is 13.6. The lowest BCUT2D eigenvalue weighted by atomic mass is 10.1. The number of nitrogens with one attached hydrogen (secondary N) is 2. The Morgan fingerprint density at radius 3 is 2.61 bits per heavy atom. The van der Waals surface area contributed by atoms with E-state index >= 15 is 0 Å². The highest BCUT2D eigenvalue weighted by Crippen LogP contribution is 2.29. The van der Waals surface area contributed by atoms with Crippen molar-refractivity contribution in [3.05, 3.63) is 87.3 Å². The van der Waals surface area contributed by atoms with Crippen LogP contribution < -0.4 is 10.9 Å². The van der Waals surface area contributed by atoms with Gasteiger partial charge in [0.1, 0.15) is 0 Å². The molecule has 6 heteroatoms. The summed E-state index contributed by atoms with van der Waals surface area (Å²) < 4.78 is 0. The van der Waals surface area contributed by atoms with Crippen LogP contribution in [0.2, 0.25) is 0 Å². The van der Waals surface area contributed by atoms with E-state index in [0.717, 1.165) is 23.2 Å². The molecule has 1 aliphatic rings. The van der Waals surface area contributed by atoms with Crippen LogP contribution in [0.3, 0.4) is 0 Å². The second-order valence-electron chi connectivity index (χ2n) is 6.89. The number of benzene rings is 2. The second kappa shape index (κ2) is 8.02. The zero-order chi connectivity index (χ0) is 19.5. The molecule has 1 amide bonds. The number of aromatic amines is 1. The third kappa shape index (κ3) is 4.02. The molecular weight excluding hydrogens is 370 g/mol. The Hall–Kier alpha value is -2.86. The minimum Gasteiger partial charge on any atom is -0.325 e. The highest BCUT2D eigenvalue weighted by Gasteiger charge is 2.25. The molecule has 2 N–H and O–H groups in total. The maximum Gasteiger partial charge on any atom is 0.255 e. The zero-order valence-corrected chi connectivity index (χ0v) is 16.4. The molecule has 0 saturated heterocycles. The molecule has 1 aliphatic heterocycles. The number of anilines is 1. The number of rotatable bonds is 4.